The van der Waals surface area contributed by atoms with E-state index in [-0.39, 0.29) is 5.91 Å². The summed E-state index contributed by atoms with van der Waals surface area (Å²) < 4.78 is 5.74. The van der Waals surface area contributed by atoms with Crippen LogP contribution in [0.1, 0.15) is 55.6 Å². The van der Waals surface area contributed by atoms with Gasteiger partial charge in [-0.25, -0.2) is 4.98 Å². The number of amides is 2. The van der Waals surface area contributed by atoms with Crippen molar-refractivity contribution in [2.75, 3.05) is 6.54 Å². The fraction of sp³-hybridized carbons (Fsp3) is 0.292. The van der Waals surface area contributed by atoms with Crippen molar-refractivity contribution in [3.8, 4) is 11.5 Å². The number of rotatable bonds is 8. The molecule has 1 aliphatic carbocycles. The number of ether oxygens (including phenoxy) is 1. The number of aryl methyl sites for hydroxylation is 3. The second kappa shape index (κ2) is 9.75. The van der Waals surface area contributed by atoms with Gasteiger partial charge in [0, 0.05) is 29.0 Å². The van der Waals surface area contributed by atoms with Crippen molar-refractivity contribution in [3.05, 3.63) is 75.2 Å². The molecule has 0 fully saturated rings. The summed E-state index contributed by atoms with van der Waals surface area (Å²) in [5.41, 5.74) is 7.54. The van der Waals surface area contributed by atoms with Crippen LogP contribution in [0.2, 0.25) is 0 Å². The lowest BCUT2D eigenvalue weighted by molar-refractivity contribution is 0.0952. The molecule has 3 N–H and O–H groups in total. The van der Waals surface area contributed by atoms with Crippen LogP contribution in [-0.2, 0) is 19.3 Å². The van der Waals surface area contributed by atoms with Crippen molar-refractivity contribution in [1.29, 1.82) is 0 Å². The van der Waals surface area contributed by atoms with E-state index in [9.17, 15) is 9.59 Å². The van der Waals surface area contributed by atoms with Gasteiger partial charge in [-0.05, 0) is 80.6 Å². The molecule has 31 heavy (non-hydrogen) atoms. The van der Waals surface area contributed by atoms with Crippen molar-refractivity contribution in [3.63, 3.8) is 0 Å². The van der Waals surface area contributed by atoms with Gasteiger partial charge in [-0.2, -0.15) is 0 Å². The van der Waals surface area contributed by atoms with E-state index >= 15 is 0 Å². The van der Waals surface area contributed by atoms with Crippen molar-refractivity contribution in [1.82, 2.24) is 10.3 Å². The minimum absolute atomic E-state index is 0.101. The molecule has 0 atom stereocenters. The highest BCUT2D eigenvalue weighted by molar-refractivity contribution is 7.11. The minimum Gasteiger partial charge on any atom is -0.457 e. The molecule has 1 aromatic heterocycles. The van der Waals surface area contributed by atoms with Crippen molar-refractivity contribution in [2.24, 2.45) is 5.73 Å². The van der Waals surface area contributed by atoms with Crippen LogP contribution in [0.4, 0.5) is 0 Å². The number of nitrogens with two attached hydrogens (primary N) is 1. The van der Waals surface area contributed by atoms with Crippen LogP contribution in [0.15, 0.2) is 48.5 Å². The van der Waals surface area contributed by atoms with Gasteiger partial charge < -0.3 is 15.8 Å². The molecule has 1 heterocycles. The number of nitrogens with zero attached hydrogens (tertiary/aromatic N) is 1. The second-order valence-electron chi connectivity index (χ2n) is 7.56. The van der Waals surface area contributed by atoms with Gasteiger partial charge in [0.15, 0.2) is 0 Å². The maximum Gasteiger partial charge on any atom is 0.251 e. The number of fused-ring (bicyclic) bond motifs is 1. The molecule has 3 aromatic rings. The summed E-state index contributed by atoms with van der Waals surface area (Å²) >= 11 is 1.83. The zero-order chi connectivity index (χ0) is 21.6. The van der Waals surface area contributed by atoms with Gasteiger partial charge in [0.05, 0.1) is 10.7 Å². The number of aromatic nitrogens is 1. The van der Waals surface area contributed by atoms with E-state index in [0.717, 1.165) is 19.3 Å². The number of hydrogen-bond acceptors (Lipinski definition) is 5. The summed E-state index contributed by atoms with van der Waals surface area (Å²) in [7, 11) is 0. The van der Waals surface area contributed by atoms with Crippen LogP contribution in [0.25, 0.3) is 0 Å². The molecular weight excluding hydrogens is 410 g/mol. The molecule has 6 nitrogen and oxygen atoms in total. The van der Waals surface area contributed by atoms with Crippen LogP contribution in [-0.4, -0.2) is 23.3 Å². The van der Waals surface area contributed by atoms with Crippen LogP contribution >= 0.6 is 11.3 Å². The van der Waals surface area contributed by atoms with Crippen molar-refractivity contribution in [2.45, 2.75) is 38.5 Å². The summed E-state index contributed by atoms with van der Waals surface area (Å²) in [6.45, 7) is 0.619. The first-order valence-corrected chi connectivity index (χ1v) is 11.3. The molecule has 0 radical (unpaired) electrons. The Bertz CT molecular complexity index is 1040. The number of primary amides is 1. The molecule has 0 unspecified atom stereocenters. The van der Waals surface area contributed by atoms with Crippen LogP contribution < -0.4 is 15.8 Å². The van der Waals surface area contributed by atoms with Gasteiger partial charge in [-0.3, -0.25) is 9.59 Å². The van der Waals surface area contributed by atoms with Gasteiger partial charge in [0.1, 0.15) is 11.5 Å². The molecule has 0 aliphatic heterocycles. The first-order valence-electron chi connectivity index (χ1n) is 10.5. The van der Waals surface area contributed by atoms with Gasteiger partial charge >= 0.3 is 0 Å². The topological polar surface area (TPSA) is 94.3 Å². The molecule has 2 aromatic carbocycles. The number of carbonyl (C=O) groups is 2. The molecule has 0 spiro atoms. The van der Waals surface area contributed by atoms with E-state index < -0.39 is 5.91 Å². The molecule has 2 amide bonds. The van der Waals surface area contributed by atoms with Crippen LogP contribution in [0.5, 0.6) is 11.5 Å². The summed E-state index contributed by atoms with van der Waals surface area (Å²) in [6, 6.07) is 13.5. The average Bonchev–Trinajstić information content (AvgIpc) is 3.20. The Labute approximate surface area is 185 Å². The normalized spacial score (nSPS) is 12.8. The summed E-state index contributed by atoms with van der Waals surface area (Å²) in [6.07, 6.45) is 6.58. The van der Waals surface area contributed by atoms with E-state index in [2.05, 4.69) is 5.32 Å². The third-order valence-electron chi connectivity index (χ3n) is 5.23. The maximum absolute atomic E-state index is 12.4. The van der Waals surface area contributed by atoms with Gasteiger partial charge in [-0.15, -0.1) is 11.3 Å². The quantitative estimate of drug-likeness (QED) is 0.517. The SMILES string of the molecule is NC(=O)c1ccc(Oc2ccc(C(=O)NCCCc3nc4c(s3)CCCC4)cc2)cc1. The highest BCUT2D eigenvalue weighted by Crippen LogP contribution is 2.27. The van der Waals surface area contributed by atoms with Crippen molar-refractivity contribution < 1.29 is 14.3 Å². The van der Waals surface area contributed by atoms with Crippen LogP contribution in [0.3, 0.4) is 0 Å². The van der Waals surface area contributed by atoms with Crippen molar-refractivity contribution >= 4 is 23.2 Å². The number of benzene rings is 2. The van der Waals surface area contributed by atoms with E-state index in [0.29, 0.717) is 29.2 Å². The molecule has 0 saturated carbocycles. The van der Waals surface area contributed by atoms with Gasteiger partial charge in [0.25, 0.3) is 5.91 Å². The molecule has 0 bridgehead atoms. The minimum atomic E-state index is -0.479. The average molecular weight is 436 g/mol. The Balaban J connectivity index is 1.23. The predicted octanol–water partition coefficient (Wildman–Crippen LogP) is 4.28. The standard InChI is InChI=1S/C24H25N3O3S/c25-23(28)16-7-11-18(12-8-16)30-19-13-9-17(10-14-19)24(29)26-15-3-6-22-27-20-4-1-2-5-21(20)31-22/h7-14H,1-6,15H2,(H2,25,28)(H,26,29). The fourth-order valence-electron chi connectivity index (χ4n) is 3.55. The second-order valence-corrected chi connectivity index (χ2v) is 8.73. The third kappa shape index (κ3) is 5.49. The Hall–Kier alpha value is -3.19. The zero-order valence-corrected chi connectivity index (χ0v) is 18.0. The van der Waals surface area contributed by atoms with E-state index in [4.69, 9.17) is 15.5 Å². The monoisotopic (exact) mass is 435 g/mol. The summed E-state index contributed by atoms with van der Waals surface area (Å²) in [4.78, 5) is 29.7. The smallest absolute Gasteiger partial charge is 0.251 e. The maximum atomic E-state index is 12.4. The van der Waals surface area contributed by atoms with Gasteiger partial charge in [0.2, 0.25) is 5.91 Å². The largest absolute Gasteiger partial charge is 0.457 e. The number of nitrogens with one attached hydrogen (secondary N) is 1. The lowest BCUT2D eigenvalue weighted by atomic mass is 10.0. The Morgan fingerprint density at radius 1 is 0.968 bits per heavy atom. The highest BCUT2D eigenvalue weighted by Gasteiger charge is 2.15. The number of hydrogen-bond donors (Lipinski definition) is 2. The Morgan fingerprint density at radius 2 is 1.61 bits per heavy atom. The zero-order valence-electron chi connectivity index (χ0n) is 17.2. The molecule has 4 rings (SSSR count). The van der Waals surface area contributed by atoms with Crippen LogP contribution in [0, 0.1) is 0 Å². The van der Waals surface area contributed by atoms with E-state index in [1.54, 1.807) is 48.5 Å². The summed E-state index contributed by atoms with van der Waals surface area (Å²) in [5.74, 6) is 0.616. The Morgan fingerprint density at radius 3 is 2.26 bits per heavy atom. The van der Waals surface area contributed by atoms with E-state index in [1.165, 1.54) is 34.8 Å². The first-order chi connectivity index (χ1) is 15.1. The lowest BCUT2D eigenvalue weighted by Gasteiger charge is -2.08. The third-order valence-corrected chi connectivity index (χ3v) is 6.45. The molecule has 160 valence electrons. The number of thiazole rings is 1. The summed E-state index contributed by atoms with van der Waals surface area (Å²) in [5, 5.41) is 4.16. The molecule has 0 saturated heterocycles. The lowest BCUT2D eigenvalue weighted by Crippen LogP contribution is -2.24. The molecular formula is C24H25N3O3S. The van der Waals surface area contributed by atoms with Gasteiger partial charge in [-0.1, -0.05) is 0 Å². The first kappa shape index (κ1) is 21.1. The molecule has 1 aliphatic rings. The number of carbonyl (C=O) groups excluding carboxylic acids is 2. The Kier molecular flexibility index (Phi) is 6.62. The van der Waals surface area contributed by atoms with E-state index in [1.807, 2.05) is 11.3 Å². The highest BCUT2D eigenvalue weighted by atomic mass is 32.1. The molecule has 7 heteroatoms. The fourth-order valence-corrected chi connectivity index (χ4v) is 4.75. The predicted molar refractivity (Wildman–Crippen MR) is 121 cm³/mol.